The summed E-state index contributed by atoms with van der Waals surface area (Å²) in [7, 11) is 0. The summed E-state index contributed by atoms with van der Waals surface area (Å²) >= 11 is 1.39. The van der Waals surface area contributed by atoms with Gasteiger partial charge >= 0.3 is 5.97 Å². The van der Waals surface area contributed by atoms with Gasteiger partial charge in [-0.1, -0.05) is 23.0 Å². The molecule has 3 heterocycles. The van der Waals surface area contributed by atoms with Crippen molar-refractivity contribution in [1.82, 2.24) is 25.0 Å². The predicted octanol–water partition coefficient (Wildman–Crippen LogP) is 4.43. The summed E-state index contributed by atoms with van der Waals surface area (Å²) < 4.78 is 6.81. The third-order valence-corrected chi connectivity index (χ3v) is 5.43. The second-order valence-corrected chi connectivity index (χ2v) is 8.25. The third kappa shape index (κ3) is 3.63. The molecule has 0 aliphatic heterocycles. The standard InChI is InChI=1S/C21H22N6O2S/c1-6-29-20(28)16-10-22-27(19(16)24-21-26-25-14(5)30-21)17-9-12(3)15-8-11(2)7-13(4)18(15)23-17/h7-10H,6H2,1-5H3,(H,24,26). The molecule has 0 saturated carbocycles. The molecule has 30 heavy (non-hydrogen) atoms. The first-order valence-electron chi connectivity index (χ1n) is 9.58. The number of ether oxygens (including phenoxy) is 1. The number of rotatable bonds is 5. The molecule has 0 aliphatic carbocycles. The van der Waals surface area contributed by atoms with Gasteiger partial charge in [-0.2, -0.15) is 9.78 Å². The van der Waals surface area contributed by atoms with E-state index in [1.54, 1.807) is 11.6 Å². The van der Waals surface area contributed by atoms with Gasteiger partial charge in [0, 0.05) is 5.39 Å². The van der Waals surface area contributed by atoms with Gasteiger partial charge in [0.2, 0.25) is 5.13 Å². The number of carbonyl (C=O) groups excluding carboxylic acids is 1. The maximum Gasteiger partial charge on any atom is 0.343 e. The van der Waals surface area contributed by atoms with Crippen LogP contribution in [0, 0.1) is 27.7 Å². The lowest BCUT2D eigenvalue weighted by Crippen LogP contribution is -2.10. The molecule has 4 aromatic rings. The first kappa shape index (κ1) is 20.0. The van der Waals surface area contributed by atoms with Gasteiger partial charge in [-0.25, -0.2) is 9.78 Å². The monoisotopic (exact) mass is 422 g/mol. The van der Waals surface area contributed by atoms with Crippen LogP contribution < -0.4 is 5.32 Å². The lowest BCUT2D eigenvalue weighted by atomic mass is 10.0. The van der Waals surface area contributed by atoms with E-state index in [2.05, 4.69) is 39.7 Å². The Kier molecular flexibility index (Phi) is 5.21. The maximum atomic E-state index is 12.5. The highest BCUT2D eigenvalue weighted by molar-refractivity contribution is 7.15. The molecule has 0 radical (unpaired) electrons. The molecule has 9 heteroatoms. The number of anilines is 2. The van der Waals surface area contributed by atoms with E-state index in [-0.39, 0.29) is 6.61 Å². The van der Waals surface area contributed by atoms with E-state index in [9.17, 15) is 4.79 Å². The summed E-state index contributed by atoms with van der Waals surface area (Å²) in [5.74, 6) is 0.587. The second-order valence-electron chi connectivity index (χ2n) is 7.07. The second kappa shape index (κ2) is 7.83. The largest absolute Gasteiger partial charge is 0.462 e. The van der Waals surface area contributed by atoms with Gasteiger partial charge in [-0.3, -0.25) is 0 Å². The number of fused-ring (bicyclic) bond motifs is 1. The fourth-order valence-electron chi connectivity index (χ4n) is 3.38. The number of nitrogens with one attached hydrogen (secondary N) is 1. The van der Waals surface area contributed by atoms with Crippen LogP contribution in [0.25, 0.3) is 16.7 Å². The van der Waals surface area contributed by atoms with Crippen molar-refractivity contribution < 1.29 is 9.53 Å². The zero-order valence-corrected chi connectivity index (χ0v) is 18.3. The number of esters is 1. The average Bonchev–Trinajstić information content (AvgIpc) is 3.29. The van der Waals surface area contributed by atoms with Crippen LogP contribution in [0.15, 0.2) is 24.4 Å². The van der Waals surface area contributed by atoms with Crippen molar-refractivity contribution >= 4 is 39.2 Å². The number of carbonyl (C=O) groups is 1. The lowest BCUT2D eigenvalue weighted by molar-refractivity contribution is 0.0527. The van der Waals surface area contributed by atoms with Crippen LogP contribution in [0.3, 0.4) is 0 Å². The Balaban J connectivity index is 1.89. The van der Waals surface area contributed by atoms with Gasteiger partial charge in [0.15, 0.2) is 11.6 Å². The normalized spacial score (nSPS) is 11.1. The highest BCUT2D eigenvalue weighted by Gasteiger charge is 2.22. The van der Waals surface area contributed by atoms with E-state index in [4.69, 9.17) is 9.72 Å². The summed E-state index contributed by atoms with van der Waals surface area (Å²) in [6, 6.07) is 6.19. The summed E-state index contributed by atoms with van der Waals surface area (Å²) in [4.78, 5) is 17.4. The summed E-state index contributed by atoms with van der Waals surface area (Å²) in [6.45, 7) is 10.1. The highest BCUT2D eigenvalue weighted by atomic mass is 32.1. The molecule has 0 atom stereocenters. The molecule has 4 rings (SSSR count). The minimum absolute atomic E-state index is 0.271. The Morgan fingerprint density at radius 3 is 2.63 bits per heavy atom. The van der Waals surface area contributed by atoms with Crippen molar-refractivity contribution in [2.75, 3.05) is 11.9 Å². The van der Waals surface area contributed by atoms with Gasteiger partial charge in [-0.05, 0) is 57.9 Å². The Morgan fingerprint density at radius 1 is 1.13 bits per heavy atom. The third-order valence-electron chi connectivity index (χ3n) is 4.67. The Hall–Kier alpha value is -3.33. The van der Waals surface area contributed by atoms with Crippen LogP contribution >= 0.6 is 11.3 Å². The number of pyridine rings is 1. The van der Waals surface area contributed by atoms with Crippen LogP contribution in [-0.4, -0.2) is 37.5 Å². The van der Waals surface area contributed by atoms with Crippen LogP contribution in [0.4, 0.5) is 10.9 Å². The van der Waals surface area contributed by atoms with E-state index in [1.165, 1.54) is 23.1 Å². The predicted molar refractivity (Wildman–Crippen MR) is 117 cm³/mol. The van der Waals surface area contributed by atoms with Crippen molar-refractivity contribution in [2.45, 2.75) is 34.6 Å². The lowest BCUT2D eigenvalue weighted by Gasteiger charge is -2.13. The van der Waals surface area contributed by atoms with Crippen molar-refractivity contribution in [3.05, 3.63) is 51.7 Å². The van der Waals surface area contributed by atoms with Crippen molar-refractivity contribution in [3.8, 4) is 5.82 Å². The molecule has 0 fully saturated rings. The van der Waals surface area contributed by atoms with E-state index < -0.39 is 5.97 Å². The van der Waals surface area contributed by atoms with Gasteiger partial charge in [0.25, 0.3) is 0 Å². The minimum atomic E-state index is -0.461. The van der Waals surface area contributed by atoms with Crippen molar-refractivity contribution in [3.63, 3.8) is 0 Å². The minimum Gasteiger partial charge on any atom is -0.462 e. The van der Waals surface area contributed by atoms with Crippen molar-refractivity contribution in [1.29, 1.82) is 0 Å². The first-order valence-corrected chi connectivity index (χ1v) is 10.4. The summed E-state index contributed by atoms with van der Waals surface area (Å²) in [6.07, 6.45) is 1.48. The molecule has 8 nitrogen and oxygen atoms in total. The van der Waals surface area contributed by atoms with E-state index in [1.807, 2.05) is 26.8 Å². The number of aromatic nitrogens is 5. The number of benzene rings is 1. The number of nitrogens with zero attached hydrogens (tertiary/aromatic N) is 5. The van der Waals surface area contributed by atoms with Crippen molar-refractivity contribution in [2.24, 2.45) is 0 Å². The van der Waals surface area contributed by atoms with E-state index in [0.717, 1.165) is 27.0 Å². The molecule has 3 aromatic heterocycles. The fraction of sp³-hybridized carbons (Fsp3) is 0.286. The maximum absolute atomic E-state index is 12.5. The van der Waals surface area contributed by atoms with E-state index in [0.29, 0.717) is 22.3 Å². The van der Waals surface area contributed by atoms with Crippen LogP contribution in [0.5, 0.6) is 0 Å². The molecule has 0 unspecified atom stereocenters. The average molecular weight is 423 g/mol. The fourth-order valence-corrected chi connectivity index (χ4v) is 3.98. The number of hydrogen-bond acceptors (Lipinski definition) is 8. The molecule has 0 aliphatic rings. The van der Waals surface area contributed by atoms with Crippen LogP contribution in [0.1, 0.15) is 39.0 Å². The first-order chi connectivity index (χ1) is 14.4. The smallest absolute Gasteiger partial charge is 0.343 e. The molecular formula is C21H22N6O2S. The number of aryl methyl sites for hydroxylation is 4. The Morgan fingerprint density at radius 2 is 1.93 bits per heavy atom. The summed E-state index contributed by atoms with van der Waals surface area (Å²) in [5, 5.41) is 18.2. The van der Waals surface area contributed by atoms with Gasteiger partial charge in [-0.15, -0.1) is 10.2 Å². The molecule has 0 bridgehead atoms. The zero-order valence-electron chi connectivity index (χ0n) is 17.5. The Bertz CT molecular complexity index is 1260. The van der Waals surface area contributed by atoms with E-state index >= 15 is 0 Å². The number of hydrogen-bond donors (Lipinski definition) is 1. The molecule has 0 spiro atoms. The van der Waals surface area contributed by atoms with Crippen LogP contribution in [-0.2, 0) is 4.74 Å². The molecular weight excluding hydrogens is 400 g/mol. The van der Waals surface area contributed by atoms with Gasteiger partial charge in [0.05, 0.1) is 18.3 Å². The topological polar surface area (TPSA) is 94.8 Å². The van der Waals surface area contributed by atoms with Gasteiger partial charge < -0.3 is 10.1 Å². The SMILES string of the molecule is CCOC(=O)c1cnn(-c2cc(C)c3cc(C)cc(C)c3n2)c1Nc1nnc(C)s1. The Labute approximate surface area is 177 Å². The molecule has 1 aromatic carbocycles. The molecule has 0 amide bonds. The highest BCUT2D eigenvalue weighted by Crippen LogP contribution is 2.29. The zero-order chi connectivity index (χ0) is 21.4. The quantitative estimate of drug-likeness (QED) is 0.476. The molecule has 154 valence electrons. The molecule has 1 N–H and O–H groups in total. The molecule has 0 saturated heterocycles. The van der Waals surface area contributed by atoms with Gasteiger partial charge in [0.1, 0.15) is 10.6 Å². The summed E-state index contributed by atoms with van der Waals surface area (Å²) in [5.41, 5.74) is 4.57. The van der Waals surface area contributed by atoms with Crippen LogP contribution in [0.2, 0.25) is 0 Å².